The number of carbonyl (C=O) groups excluding carboxylic acids is 2. The summed E-state index contributed by atoms with van der Waals surface area (Å²) in [6, 6.07) is 13.8. The molecule has 3 aromatic rings. The van der Waals surface area contributed by atoms with Gasteiger partial charge in [-0.1, -0.05) is 48.2 Å². The topological polar surface area (TPSA) is 76.9 Å². The number of aromatic nitrogens is 3. The maximum Gasteiger partial charge on any atom is 0.216 e. The summed E-state index contributed by atoms with van der Waals surface area (Å²) in [6.45, 7) is 3.86. The Morgan fingerprint density at radius 1 is 1.13 bits per heavy atom. The Morgan fingerprint density at radius 2 is 1.83 bits per heavy atom. The molecule has 2 aromatic carbocycles. The Kier molecular flexibility index (Phi) is 6.99. The molecule has 6 nitrogen and oxygen atoms in total. The van der Waals surface area contributed by atoms with Crippen LogP contribution in [0.15, 0.2) is 53.7 Å². The highest BCUT2D eigenvalue weighted by atomic mass is 32.2. The number of amides is 1. The number of benzene rings is 2. The van der Waals surface area contributed by atoms with Crippen molar-refractivity contribution in [2.75, 3.05) is 6.54 Å². The van der Waals surface area contributed by atoms with Crippen LogP contribution in [-0.2, 0) is 18.3 Å². The molecule has 0 spiro atoms. The SMILES string of the molecule is CC(=O)NCCc1ccc(C(=O)C(C)Sc2nnc(-c3ccccc3F)n2C)cc1. The zero-order valence-electron chi connectivity index (χ0n) is 17.1. The van der Waals surface area contributed by atoms with E-state index in [1.807, 2.05) is 19.1 Å². The minimum atomic E-state index is -0.383. The summed E-state index contributed by atoms with van der Waals surface area (Å²) >= 11 is 1.29. The van der Waals surface area contributed by atoms with E-state index in [2.05, 4.69) is 15.5 Å². The molecule has 0 radical (unpaired) electrons. The zero-order valence-corrected chi connectivity index (χ0v) is 17.9. The van der Waals surface area contributed by atoms with E-state index in [1.54, 1.807) is 41.9 Å². The second kappa shape index (κ2) is 9.67. The van der Waals surface area contributed by atoms with Crippen molar-refractivity contribution in [1.82, 2.24) is 20.1 Å². The van der Waals surface area contributed by atoms with Crippen molar-refractivity contribution in [2.45, 2.75) is 30.7 Å². The van der Waals surface area contributed by atoms with Gasteiger partial charge in [-0.2, -0.15) is 0 Å². The van der Waals surface area contributed by atoms with Crippen LogP contribution in [0.2, 0.25) is 0 Å². The quantitative estimate of drug-likeness (QED) is 0.439. The first-order valence-corrected chi connectivity index (χ1v) is 10.4. The Balaban J connectivity index is 1.66. The number of thioether (sulfide) groups is 1. The van der Waals surface area contributed by atoms with Gasteiger partial charge in [-0.15, -0.1) is 10.2 Å². The van der Waals surface area contributed by atoms with Crippen molar-refractivity contribution in [3.05, 3.63) is 65.5 Å². The van der Waals surface area contributed by atoms with Crippen LogP contribution in [0.25, 0.3) is 11.4 Å². The first-order valence-electron chi connectivity index (χ1n) is 9.55. The van der Waals surface area contributed by atoms with Crippen LogP contribution in [0, 0.1) is 5.82 Å². The number of carbonyl (C=O) groups is 2. The number of nitrogens with one attached hydrogen (secondary N) is 1. The molecular formula is C22H23FN4O2S. The van der Waals surface area contributed by atoms with E-state index in [1.165, 1.54) is 24.8 Å². The molecule has 1 N–H and O–H groups in total. The van der Waals surface area contributed by atoms with E-state index in [4.69, 9.17) is 0 Å². The summed E-state index contributed by atoms with van der Waals surface area (Å²) in [5, 5.41) is 11.1. The van der Waals surface area contributed by atoms with Crippen LogP contribution in [-0.4, -0.2) is 38.2 Å². The first kappa shape index (κ1) is 21.7. The lowest BCUT2D eigenvalue weighted by molar-refractivity contribution is -0.118. The Labute approximate surface area is 178 Å². The average Bonchev–Trinajstić information content (AvgIpc) is 3.08. The molecular weight excluding hydrogens is 403 g/mol. The highest BCUT2D eigenvalue weighted by Crippen LogP contribution is 2.28. The minimum Gasteiger partial charge on any atom is -0.356 e. The third-order valence-electron chi connectivity index (χ3n) is 4.63. The van der Waals surface area contributed by atoms with Crippen LogP contribution in [0.1, 0.15) is 29.8 Å². The third-order valence-corrected chi connectivity index (χ3v) is 5.76. The van der Waals surface area contributed by atoms with E-state index in [0.29, 0.717) is 35.1 Å². The Morgan fingerprint density at radius 3 is 2.50 bits per heavy atom. The lowest BCUT2D eigenvalue weighted by atomic mass is 10.0. The van der Waals surface area contributed by atoms with E-state index in [9.17, 15) is 14.0 Å². The van der Waals surface area contributed by atoms with Crippen LogP contribution < -0.4 is 5.32 Å². The fourth-order valence-electron chi connectivity index (χ4n) is 2.96. The van der Waals surface area contributed by atoms with Crippen molar-refractivity contribution in [3.8, 4) is 11.4 Å². The summed E-state index contributed by atoms with van der Waals surface area (Å²) in [4.78, 5) is 23.7. The van der Waals surface area contributed by atoms with Crippen molar-refractivity contribution >= 4 is 23.5 Å². The molecule has 0 aliphatic heterocycles. The molecule has 0 aliphatic carbocycles. The fraction of sp³-hybridized carbons (Fsp3) is 0.273. The van der Waals surface area contributed by atoms with Crippen LogP contribution in [0.4, 0.5) is 4.39 Å². The summed E-state index contributed by atoms with van der Waals surface area (Å²) in [5.41, 5.74) is 2.02. The fourth-order valence-corrected chi connectivity index (χ4v) is 3.85. The molecule has 1 atom stereocenters. The maximum atomic E-state index is 14.1. The molecule has 156 valence electrons. The minimum absolute atomic E-state index is 0.0242. The van der Waals surface area contributed by atoms with Gasteiger partial charge in [0.1, 0.15) is 5.82 Å². The molecule has 0 fully saturated rings. The van der Waals surface area contributed by atoms with Gasteiger partial charge >= 0.3 is 0 Å². The molecule has 1 aromatic heterocycles. The van der Waals surface area contributed by atoms with Crippen molar-refractivity contribution in [1.29, 1.82) is 0 Å². The molecule has 0 aliphatic rings. The lowest BCUT2D eigenvalue weighted by Crippen LogP contribution is -2.22. The van der Waals surface area contributed by atoms with E-state index < -0.39 is 0 Å². The first-order chi connectivity index (χ1) is 14.4. The van der Waals surface area contributed by atoms with Gasteiger partial charge in [0.05, 0.1) is 10.8 Å². The van der Waals surface area contributed by atoms with Gasteiger partial charge in [-0.25, -0.2) is 4.39 Å². The summed E-state index contributed by atoms with van der Waals surface area (Å²) < 4.78 is 15.8. The monoisotopic (exact) mass is 426 g/mol. The number of Topliss-reactive ketones (excluding diaryl/α,β-unsaturated/α-hetero) is 1. The highest BCUT2D eigenvalue weighted by molar-refractivity contribution is 8.00. The molecule has 30 heavy (non-hydrogen) atoms. The highest BCUT2D eigenvalue weighted by Gasteiger charge is 2.21. The van der Waals surface area contributed by atoms with E-state index >= 15 is 0 Å². The normalized spacial score (nSPS) is 11.9. The number of rotatable bonds is 8. The lowest BCUT2D eigenvalue weighted by Gasteiger charge is -2.11. The largest absolute Gasteiger partial charge is 0.356 e. The summed E-state index contributed by atoms with van der Waals surface area (Å²) in [5.74, 6) is -0.0375. The Bertz CT molecular complexity index is 1050. The Hall–Kier alpha value is -3.00. The maximum absolute atomic E-state index is 14.1. The molecule has 0 saturated heterocycles. The predicted octanol–water partition coefficient (Wildman–Crippen LogP) is 3.66. The van der Waals surface area contributed by atoms with Gasteiger partial charge in [-0.05, 0) is 31.0 Å². The molecule has 3 rings (SSSR count). The number of hydrogen-bond acceptors (Lipinski definition) is 5. The van der Waals surface area contributed by atoms with Crippen LogP contribution >= 0.6 is 11.8 Å². The van der Waals surface area contributed by atoms with Crippen molar-refractivity contribution in [2.24, 2.45) is 7.05 Å². The van der Waals surface area contributed by atoms with Crippen molar-refractivity contribution < 1.29 is 14.0 Å². The van der Waals surface area contributed by atoms with Crippen LogP contribution in [0.5, 0.6) is 0 Å². The molecule has 1 amide bonds. The van der Waals surface area contributed by atoms with Gasteiger partial charge in [0, 0.05) is 26.1 Å². The van der Waals surface area contributed by atoms with Gasteiger partial charge < -0.3 is 9.88 Å². The van der Waals surface area contributed by atoms with Gasteiger partial charge in [0.25, 0.3) is 0 Å². The summed E-state index contributed by atoms with van der Waals surface area (Å²) in [7, 11) is 1.76. The molecule has 0 saturated carbocycles. The standard InChI is InChI=1S/C22H23FN4O2S/c1-14(20(29)17-10-8-16(9-11-17)12-13-24-15(2)28)30-22-26-25-21(27(22)3)18-6-4-5-7-19(18)23/h4-11,14H,12-13H2,1-3H3,(H,24,28). The second-order valence-corrected chi connectivity index (χ2v) is 8.21. The van der Waals surface area contributed by atoms with E-state index in [-0.39, 0.29) is 22.8 Å². The van der Waals surface area contributed by atoms with Gasteiger partial charge in [-0.3, -0.25) is 9.59 Å². The summed E-state index contributed by atoms with van der Waals surface area (Å²) in [6.07, 6.45) is 0.704. The predicted molar refractivity (Wildman–Crippen MR) is 115 cm³/mol. The number of nitrogens with zero attached hydrogens (tertiary/aromatic N) is 3. The second-order valence-electron chi connectivity index (χ2n) is 6.90. The average molecular weight is 427 g/mol. The molecule has 1 heterocycles. The van der Waals surface area contributed by atoms with Crippen LogP contribution in [0.3, 0.4) is 0 Å². The smallest absolute Gasteiger partial charge is 0.216 e. The number of halogens is 1. The molecule has 0 bridgehead atoms. The number of ketones is 1. The van der Waals surface area contributed by atoms with Gasteiger partial charge in [0.2, 0.25) is 5.91 Å². The number of hydrogen-bond donors (Lipinski definition) is 1. The third kappa shape index (κ3) is 5.13. The molecule has 1 unspecified atom stereocenters. The van der Waals surface area contributed by atoms with Crippen molar-refractivity contribution in [3.63, 3.8) is 0 Å². The van der Waals surface area contributed by atoms with Gasteiger partial charge in [0.15, 0.2) is 16.8 Å². The molecule has 8 heteroatoms. The van der Waals surface area contributed by atoms with E-state index in [0.717, 1.165) is 5.56 Å². The zero-order chi connectivity index (χ0) is 21.7.